The molecule has 0 aliphatic heterocycles. The van der Waals surface area contributed by atoms with Crippen LogP contribution in [0.25, 0.3) is 0 Å². The molecule has 2 fully saturated rings. The lowest BCUT2D eigenvalue weighted by Crippen LogP contribution is -2.56. The molecule has 0 unspecified atom stereocenters. The summed E-state index contributed by atoms with van der Waals surface area (Å²) < 4.78 is 0. The molecular formula is C21H24N2O. The minimum atomic E-state index is 0.176. The van der Waals surface area contributed by atoms with Crippen molar-refractivity contribution in [3.8, 4) is 0 Å². The summed E-state index contributed by atoms with van der Waals surface area (Å²) >= 11 is 0. The Bertz CT molecular complexity index is 685. The summed E-state index contributed by atoms with van der Waals surface area (Å²) in [5.41, 5.74) is 2.51. The molecule has 1 aromatic heterocycles. The molecule has 0 saturated heterocycles. The number of nitrogens with zero attached hydrogens (tertiary/aromatic N) is 1. The predicted octanol–water partition coefficient (Wildman–Crippen LogP) is 3.71. The van der Waals surface area contributed by atoms with Crippen molar-refractivity contribution < 1.29 is 4.79 Å². The normalized spacial score (nSPS) is 28.0. The van der Waals surface area contributed by atoms with Gasteiger partial charge in [-0.1, -0.05) is 42.8 Å². The van der Waals surface area contributed by atoms with Gasteiger partial charge < -0.3 is 5.32 Å². The van der Waals surface area contributed by atoms with Gasteiger partial charge in [0.2, 0.25) is 5.91 Å². The van der Waals surface area contributed by atoms with Crippen LogP contribution < -0.4 is 5.32 Å². The number of nitrogens with one attached hydrogen (secondary N) is 1. The maximum Gasteiger partial charge on any atom is 0.220 e. The standard InChI is InChI=1S/C21H24N2O/c24-19(12-11-15-6-5-13-22-14-15)23-21-18-10-4-9-17(18)20(21)16-7-2-1-3-8-16/h1-3,5-8,13-14,17-18,20-21H,4,9-12H2,(H,23,24)/t17-,18-,20-,21-/m1/s1. The van der Waals surface area contributed by atoms with Crippen molar-refractivity contribution >= 4 is 5.91 Å². The monoisotopic (exact) mass is 320 g/mol. The summed E-state index contributed by atoms with van der Waals surface area (Å²) in [6.45, 7) is 0. The van der Waals surface area contributed by atoms with Crippen LogP contribution in [0.3, 0.4) is 0 Å². The second kappa shape index (κ2) is 6.76. The fraction of sp³-hybridized carbons (Fsp3) is 0.429. The number of amides is 1. The molecule has 0 bridgehead atoms. The molecule has 2 aromatic rings. The molecule has 1 N–H and O–H groups in total. The molecular weight excluding hydrogens is 296 g/mol. The Balaban J connectivity index is 1.40. The highest BCUT2D eigenvalue weighted by Gasteiger charge is 2.53. The molecule has 4 rings (SSSR count). The molecule has 1 amide bonds. The third kappa shape index (κ3) is 2.95. The number of aryl methyl sites for hydroxylation is 1. The SMILES string of the molecule is O=C(CCc1cccnc1)N[C@@H]1[C@@H]2CCC[C@H]2[C@H]1c1ccccc1. The minimum Gasteiger partial charge on any atom is -0.352 e. The highest BCUT2D eigenvalue weighted by molar-refractivity contribution is 5.77. The second-order valence-corrected chi connectivity index (χ2v) is 7.15. The highest BCUT2D eigenvalue weighted by Crippen LogP contribution is 2.55. The zero-order valence-electron chi connectivity index (χ0n) is 13.9. The Morgan fingerprint density at radius 3 is 2.71 bits per heavy atom. The van der Waals surface area contributed by atoms with E-state index in [4.69, 9.17) is 0 Å². The maximum absolute atomic E-state index is 12.5. The van der Waals surface area contributed by atoms with Crippen molar-refractivity contribution in [3.05, 3.63) is 66.0 Å². The van der Waals surface area contributed by atoms with Gasteiger partial charge >= 0.3 is 0 Å². The molecule has 1 aromatic carbocycles. The first kappa shape index (κ1) is 15.4. The van der Waals surface area contributed by atoms with Crippen molar-refractivity contribution in [3.63, 3.8) is 0 Å². The van der Waals surface area contributed by atoms with Crippen molar-refractivity contribution in [2.45, 2.75) is 44.1 Å². The molecule has 3 heteroatoms. The lowest BCUT2D eigenvalue weighted by Gasteiger charge is -2.49. The summed E-state index contributed by atoms with van der Waals surface area (Å²) in [6.07, 6.45) is 8.80. The van der Waals surface area contributed by atoms with Gasteiger partial charge in [-0.15, -0.1) is 0 Å². The van der Waals surface area contributed by atoms with Crippen LogP contribution in [0, 0.1) is 11.8 Å². The molecule has 124 valence electrons. The molecule has 2 saturated carbocycles. The van der Waals surface area contributed by atoms with E-state index in [0.717, 1.165) is 17.9 Å². The molecule has 0 radical (unpaired) electrons. The topological polar surface area (TPSA) is 42.0 Å². The Kier molecular flexibility index (Phi) is 4.33. The van der Waals surface area contributed by atoms with Crippen molar-refractivity contribution in [1.82, 2.24) is 10.3 Å². The summed E-state index contributed by atoms with van der Waals surface area (Å²) in [5, 5.41) is 3.35. The third-order valence-electron chi connectivity index (χ3n) is 5.81. The molecule has 4 atom stereocenters. The van der Waals surface area contributed by atoms with Gasteiger partial charge in [-0.2, -0.15) is 0 Å². The Hall–Kier alpha value is -2.16. The third-order valence-corrected chi connectivity index (χ3v) is 5.81. The lowest BCUT2D eigenvalue weighted by molar-refractivity contribution is -0.123. The van der Waals surface area contributed by atoms with E-state index >= 15 is 0 Å². The number of benzene rings is 1. The molecule has 24 heavy (non-hydrogen) atoms. The lowest BCUT2D eigenvalue weighted by atomic mass is 9.60. The molecule has 1 heterocycles. The molecule has 2 aliphatic carbocycles. The van der Waals surface area contributed by atoms with Crippen molar-refractivity contribution in [2.75, 3.05) is 0 Å². The van der Waals surface area contributed by atoms with Crippen molar-refractivity contribution in [2.24, 2.45) is 11.8 Å². The second-order valence-electron chi connectivity index (χ2n) is 7.15. The van der Waals surface area contributed by atoms with Gasteiger partial charge in [-0.3, -0.25) is 9.78 Å². The van der Waals surface area contributed by atoms with Gasteiger partial charge in [-0.25, -0.2) is 0 Å². The smallest absolute Gasteiger partial charge is 0.220 e. The number of aromatic nitrogens is 1. The van der Waals surface area contributed by atoms with E-state index < -0.39 is 0 Å². The maximum atomic E-state index is 12.5. The van der Waals surface area contributed by atoms with E-state index in [9.17, 15) is 4.79 Å². The van der Waals surface area contributed by atoms with Crippen LogP contribution in [0.15, 0.2) is 54.9 Å². The van der Waals surface area contributed by atoms with Crippen LogP contribution in [0.5, 0.6) is 0 Å². The first-order chi connectivity index (χ1) is 11.8. The van der Waals surface area contributed by atoms with Crippen LogP contribution in [-0.2, 0) is 11.2 Å². The van der Waals surface area contributed by atoms with Gasteiger partial charge in [0.05, 0.1) is 0 Å². The van der Waals surface area contributed by atoms with E-state index in [1.807, 2.05) is 18.3 Å². The average Bonchev–Trinajstić information content (AvgIpc) is 3.04. The van der Waals surface area contributed by atoms with Gasteiger partial charge in [-0.05, 0) is 48.3 Å². The highest BCUT2D eigenvalue weighted by atomic mass is 16.1. The number of carbonyl (C=O) groups excluding carboxylic acids is 1. The summed E-state index contributed by atoms with van der Waals surface area (Å²) in [6, 6.07) is 15.0. The van der Waals surface area contributed by atoms with Crippen LogP contribution in [0.2, 0.25) is 0 Å². The van der Waals surface area contributed by atoms with Crippen LogP contribution in [0.4, 0.5) is 0 Å². The van der Waals surface area contributed by atoms with E-state index in [2.05, 4.69) is 40.6 Å². The van der Waals surface area contributed by atoms with E-state index in [-0.39, 0.29) is 5.91 Å². The first-order valence-electron chi connectivity index (χ1n) is 9.06. The largest absolute Gasteiger partial charge is 0.352 e. The Morgan fingerprint density at radius 1 is 1.08 bits per heavy atom. The van der Waals surface area contributed by atoms with Gasteiger partial charge in [0.25, 0.3) is 0 Å². The van der Waals surface area contributed by atoms with Crippen molar-refractivity contribution in [1.29, 1.82) is 0 Å². The summed E-state index contributed by atoms with van der Waals surface area (Å²) in [7, 11) is 0. The quantitative estimate of drug-likeness (QED) is 0.912. The number of hydrogen-bond donors (Lipinski definition) is 1. The van der Waals surface area contributed by atoms with Crippen LogP contribution in [0.1, 0.15) is 42.7 Å². The molecule has 0 spiro atoms. The van der Waals surface area contributed by atoms with Gasteiger partial charge in [0, 0.05) is 30.8 Å². The minimum absolute atomic E-state index is 0.176. The fourth-order valence-electron chi connectivity index (χ4n) is 4.68. The molecule has 3 nitrogen and oxygen atoms in total. The van der Waals surface area contributed by atoms with Crippen LogP contribution in [-0.4, -0.2) is 16.9 Å². The number of carbonyl (C=O) groups is 1. The first-order valence-corrected chi connectivity index (χ1v) is 9.06. The number of hydrogen-bond acceptors (Lipinski definition) is 2. The van der Waals surface area contributed by atoms with Gasteiger partial charge in [0.15, 0.2) is 0 Å². The Labute approximate surface area is 143 Å². The van der Waals surface area contributed by atoms with Crippen LogP contribution >= 0.6 is 0 Å². The summed E-state index contributed by atoms with van der Waals surface area (Å²) in [5.74, 6) is 2.12. The zero-order valence-corrected chi connectivity index (χ0v) is 13.9. The summed E-state index contributed by atoms with van der Waals surface area (Å²) in [4.78, 5) is 16.6. The number of pyridine rings is 1. The predicted molar refractivity (Wildman–Crippen MR) is 94.5 cm³/mol. The zero-order chi connectivity index (χ0) is 16.4. The van der Waals surface area contributed by atoms with Gasteiger partial charge in [0.1, 0.15) is 0 Å². The Morgan fingerprint density at radius 2 is 1.92 bits per heavy atom. The number of rotatable bonds is 5. The van der Waals surface area contributed by atoms with E-state index in [1.165, 1.54) is 24.8 Å². The fourth-order valence-corrected chi connectivity index (χ4v) is 4.68. The average molecular weight is 320 g/mol. The van der Waals surface area contributed by atoms with E-state index in [1.54, 1.807) is 6.20 Å². The molecule has 2 aliphatic rings. The number of fused-ring (bicyclic) bond motifs is 1. The van der Waals surface area contributed by atoms with E-state index in [0.29, 0.717) is 24.3 Å².